The molecule has 3 aromatic rings. The van der Waals surface area contributed by atoms with Crippen LogP contribution in [0.15, 0.2) is 51.8 Å². The Morgan fingerprint density at radius 2 is 1.93 bits per heavy atom. The third-order valence-corrected chi connectivity index (χ3v) is 3.90. The minimum absolute atomic E-state index is 0.0265. The molecular weight excluding hydrogens is 389 g/mol. The molecular formula is C20H17F3N2O4. The van der Waals surface area contributed by atoms with Gasteiger partial charge in [-0.3, -0.25) is 9.78 Å². The third kappa shape index (κ3) is 4.74. The first-order valence-corrected chi connectivity index (χ1v) is 8.72. The Hall–Kier alpha value is -3.36. The largest absolute Gasteiger partial charge is 0.573 e. The maximum Gasteiger partial charge on any atom is 0.573 e. The van der Waals surface area contributed by atoms with E-state index in [-0.39, 0.29) is 40.3 Å². The van der Waals surface area contributed by atoms with Crippen molar-refractivity contribution in [1.82, 2.24) is 4.98 Å². The van der Waals surface area contributed by atoms with Crippen LogP contribution < -0.4 is 15.7 Å². The van der Waals surface area contributed by atoms with Crippen molar-refractivity contribution in [3.8, 4) is 16.9 Å². The monoisotopic (exact) mass is 406 g/mol. The highest BCUT2D eigenvalue weighted by Crippen LogP contribution is 2.38. The van der Waals surface area contributed by atoms with Crippen LogP contribution in [0.4, 0.5) is 18.9 Å². The van der Waals surface area contributed by atoms with Gasteiger partial charge >= 0.3 is 12.0 Å². The van der Waals surface area contributed by atoms with Gasteiger partial charge in [0.1, 0.15) is 11.3 Å². The second-order valence-corrected chi connectivity index (χ2v) is 6.68. The van der Waals surface area contributed by atoms with Crippen molar-refractivity contribution in [1.29, 1.82) is 0 Å². The van der Waals surface area contributed by atoms with E-state index in [0.29, 0.717) is 0 Å². The Kier molecular flexibility index (Phi) is 5.58. The molecule has 0 aliphatic rings. The van der Waals surface area contributed by atoms with E-state index < -0.39 is 23.6 Å². The molecule has 29 heavy (non-hydrogen) atoms. The summed E-state index contributed by atoms with van der Waals surface area (Å²) in [5.41, 5.74) is -1.17. The van der Waals surface area contributed by atoms with Crippen LogP contribution in [0.5, 0.6) is 5.75 Å². The van der Waals surface area contributed by atoms with E-state index in [1.165, 1.54) is 36.5 Å². The molecule has 0 aliphatic carbocycles. The fraction of sp³-hybridized carbons (Fsp3) is 0.250. The molecule has 2 aromatic heterocycles. The number of benzene rings is 1. The van der Waals surface area contributed by atoms with Crippen LogP contribution in [-0.2, 0) is 4.79 Å². The molecule has 9 heteroatoms. The second kappa shape index (κ2) is 7.94. The molecule has 152 valence electrons. The van der Waals surface area contributed by atoms with Crippen molar-refractivity contribution >= 4 is 22.7 Å². The number of carbonyl (C=O) groups excluding carboxylic acids is 1. The van der Waals surface area contributed by atoms with Gasteiger partial charge in [-0.15, -0.1) is 13.2 Å². The quantitative estimate of drug-likeness (QED) is 0.662. The molecule has 1 amide bonds. The summed E-state index contributed by atoms with van der Waals surface area (Å²) in [5, 5.41) is 2.62. The van der Waals surface area contributed by atoms with Crippen molar-refractivity contribution in [3.05, 3.63) is 53.0 Å². The topological polar surface area (TPSA) is 81.4 Å². The number of pyridine rings is 1. The van der Waals surface area contributed by atoms with Gasteiger partial charge in [-0.2, -0.15) is 0 Å². The number of halogens is 3. The summed E-state index contributed by atoms with van der Waals surface area (Å²) in [6.07, 6.45) is -3.40. The average Bonchev–Trinajstić information content (AvgIpc) is 2.61. The molecule has 6 nitrogen and oxygen atoms in total. The second-order valence-electron chi connectivity index (χ2n) is 6.68. The first kappa shape index (κ1) is 20.4. The number of para-hydroxylation sites is 1. The molecule has 0 saturated heterocycles. The summed E-state index contributed by atoms with van der Waals surface area (Å²) < 4.78 is 47.8. The maximum atomic E-state index is 12.8. The van der Waals surface area contributed by atoms with Gasteiger partial charge in [0.05, 0.1) is 11.3 Å². The van der Waals surface area contributed by atoms with Crippen LogP contribution in [0.25, 0.3) is 22.2 Å². The summed E-state index contributed by atoms with van der Waals surface area (Å²) >= 11 is 0. The molecule has 3 rings (SSSR count). The number of amides is 1. The minimum atomic E-state index is -4.97. The summed E-state index contributed by atoms with van der Waals surface area (Å²) in [6.45, 7) is 3.67. The molecule has 0 saturated carbocycles. The molecule has 0 radical (unpaired) electrons. The molecule has 0 unspecified atom stereocenters. The number of fused-ring (bicyclic) bond motifs is 1. The van der Waals surface area contributed by atoms with Crippen LogP contribution in [0, 0.1) is 5.92 Å². The fourth-order valence-electron chi connectivity index (χ4n) is 2.85. The Balaban J connectivity index is 2.26. The summed E-state index contributed by atoms with van der Waals surface area (Å²) in [6, 6.07) is 8.14. The molecule has 0 aliphatic heterocycles. The Bertz CT molecular complexity index is 1110. The molecule has 0 fully saturated rings. The normalized spacial score (nSPS) is 11.7. The lowest BCUT2D eigenvalue weighted by Gasteiger charge is -2.16. The van der Waals surface area contributed by atoms with E-state index in [1.807, 2.05) is 13.8 Å². The number of hydrogen-bond donors (Lipinski definition) is 1. The van der Waals surface area contributed by atoms with Crippen LogP contribution in [0.1, 0.15) is 20.3 Å². The van der Waals surface area contributed by atoms with Crippen molar-refractivity contribution in [2.24, 2.45) is 5.92 Å². The van der Waals surface area contributed by atoms with Crippen LogP contribution >= 0.6 is 0 Å². The number of nitrogens with one attached hydrogen (secondary N) is 1. The van der Waals surface area contributed by atoms with Gasteiger partial charge in [-0.25, -0.2) is 4.79 Å². The smallest absolute Gasteiger partial charge is 0.420 e. The predicted molar refractivity (Wildman–Crippen MR) is 100 cm³/mol. The van der Waals surface area contributed by atoms with Crippen molar-refractivity contribution in [2.45, 2.75) is 26.6 Å². The van der Waals surface area contributed by atoms with Crippen molar-refractivity contribution < 1.29 is 27.1 Å². The van der Waals surface area contributed by atoms with E-state index in [0.717, 1.165) is 6.07 Å². The molecule has 1 aromatic carbocycles. The highest BCUT2D eigenvalue weighted by molar-refractivity contribution is 6.05. The van der Waals surface area contributed by atoms with Crippen molar-refractivity contribution in [2.75, 3.05) is 5.32 Å². The lowest BCUT2D eigenvalue weighted by Crippen LogP contribution is -2.20. The van der Waals surface area contributed by atoms with E-state index in [9.17, 15) is 22.8 Å². The third-order valence-electron chi connectivity index (χ3n) is 3.90. The lowest BCUT2D eigenvalue weighted by atomic mass is 10.0. The summed E-state index contributed by atoms with van der Waals surface area (Å²) in [5.74, 6) is -0.978. The zero-order valence-electron chi connectivity index (χ0n) is 15.5. The standard InChI is InChI=1S/C20H17F3N2O4/c1-11(2)10-15(26)25-18-16(19(27)28-14-8-5-9-24-17(14)18)12-6-3-4-7-13(12)29-20(21,22)23/h3-9,11H,10H2,1-2H3,(H,25,26). The van der Waals surface area contributed by atoms with E-state index in [1.54, 1.807) is 0 Å². The summed E-state index contributed by atoms with van der Waals surface area (Å²) in [4.78, 5) is 29.2. The van der Waals surface area contributed by atoms with E-state index in [2.05, 4.69) is 15.0 Å². The van der Waals surface area contributed by atoms with Crippen LogP contribution in [0.3, 0.4) is 0 Å². The Morgan fingerprint density at radius 3 is 2.62 bits per heavy atom. The maximum absolute atomic E-state index is 12.8. The first-order valence-electron chi connectivity index (χ1n) is 8.72. The Morgan fingerprint density at radius 1 is 1.21 bits per heavy atom. The highest BCUT2D eigenvalue weighted by atomic mass is 19.4. The number of nitrogens with zero attached hydrogens (tertiary/aromatic N) is 1. The van der Waals surface area contributed by atoms with Gasteiger partial charge in [0.15, 0.2) is 5.58 Å². The molecule has 0 atom stereocenters. The van der Waals surface area contributed by atoms with E-state index >= 15 is 0 Å². The van der Waals surface area contributed by atoms with Gasteiger partial charge < -0.3 is 14.5 Å². The van der Waals surface area contributed by atoms with Crippen LogP contribution in [0.2, 0.25) is 0 Å². The van der Waals surface area contributed by atoms with Gasteiger partial charge in [-0.05, 0) is 24.1 Å². The number of alkyl halides is 3. The predicted octanol–water partition coefficient (Wildman–Crippen LogP) is 4.74. The van der Waals surface area contributed by atoms with Gasteiger partial charge in [0, 0.05) is 18.2 Å². The Labute approximate surface area is 163 Å². The SMILES string of the molecule is CC(C)CC(=O)Nc1c(-c2ccccc2OC(F)(F)F)c(=O)oc2cccnc12. The number of aromatic nitrogens is 1. The minimum Gasteiger partial charge on any atom is -0.420 e. The fourth-order valence-corrected chi connectivity index (χ4v) is 2.85. The zero-order valence-corrected chi connectivity index (χ0v) is 15.5. The van der Waals surface area contributed by atoms with Gasteiger partial charge in [0.2, 0.25) is 5.91 Å². The average molecular weight is 406 g/mol. The number of anilines is 1. The van der Waals surface area contributed by atoms with Crippen LogP contribution in [-0.4, -0.2) is 17.3 Å². The first-order chi connectivity index (χ1) is 13.7. The highest BCUT2D eigenvalue weighted by Gasteiger charge is 2.33. The number of ether oxygens (including phenoxy) is 1. The van der Waals surface area contributed by atoms with Gasteiger partial charge in [-0.1, -0.05) is 32.0 Å². The molecule has 1 N–H and O–H groups in total. The van der Waals surface area contributed by atoms with E-state index in [4.69, 9.17) is 4.42 Å². The van der Waals surface area contributed by atoms with Gasteiger partial charge in [0.25, 0.3) is 0 Å². The lowest BCUT2D eigenvalue weighted by molar-refractivity contribution is -0.274. The number of rotatable bonds is 5. The molecule has 0 bridgehead atoms. The molecule has 0 spiro atoms. The number of hydrogen-bond acceptors (Lipinski definition) is 5. The number of carbonyl (C=O) groups is 1. The summed E-state index contributed by atoms with van der Waals surface area (Å²) in [7, 11) is 0. The van der Waals surface area contributed by atoms with Crippen molar-refractivity contribution in [3.63, 3.8) is 0 Å². The molecule has 2 heterocycles. The zero-order chi connectivity index (χ0) is 21.2.